The average molecular weight is 587 g/mol. The van der Waals surface area contributed by atoms with Gasteiger partial charge in [0.15, 0.2) is 18.9 Å². The van der Waals surface area contributed by atoms with Crippen molar-refractivity contribution in [2.24, 2.45) is 0 Å². The molecule has 3 saturated heterocycles. The highest BCUT2D eigenvalue weighted by atomic mass is 16.7. The number of hydrogen-bond acceptors (Lipinski definition) is 16. The fraction of sp³-hybridized carbons (Fsp3) is 0.909. The van der Waals surface area contributed by atoms with E-state index in [2.05, 4.69) is 10.6 Å². The smallest absolute Gasteiger partial charge is 0.217 e. The first-order valence-corrected chi connectivity index (χ1v) is 12.6. The van der Waals surface area contributed by atoms with Gasteiger partial charge in [0, 0.05) is 13.8 Å². The standard InChI is InChI=1S/C22H38N2O16/c1-6(27)23-11-16(32)13(29)8(3-25)38-21(11)36-5-10-15(31)19(12(20(35)37-10)24-7(2)28)40-22-18(34)17(33)14(30)9(4-26)39-22/h8-22,25-26,29-35H,3-5H2,1-2H3,(H,23,27)(H,24,28)/t8-,9+,10+,11-,12-,13-,14+,15-,16-,17-,18+,19-,20+,21+,22-/m1/s1. The predicted molar refractivity (Wildman–Crippen MR) is 124 cm³/mol. The fourth-order valence-corrected chi connectivity index (χ4v) is 4.76. The Morgan fingerprint density at radius 3 is 1.73 bits per heavy atom. The third-order valence-electron chi connectivity index (χ3n) is 6.88. The van der Waals surface area contributed by atoms with Gasteiger partial charge in [-0.1, -0.05) is 0 Å². The Hall–Kier alpha value is -1.62. The molecule has 0 aromatic heterocycles. The molecule has 15 atom stereocenters. The molecule has 0 radical (unpaired) electrons. The lowest BCUT2D eigenvalue weighted by molar-refractivity contribution is -0.345. The van der Waals surface area contributed by atoms with E-state index in [0.29, 0.717) is 0 Å². The van der Waals surface area contributed by atoms with Gasteiger partial charge >= 0.3 is 0 Å². The maximum atomic E-state index is 11.8. The van der Waals surface area contributed by atoms with Crippen molar-refractivity contribution in [2.75, 3.05) is 19.8 Å². The highest BCUT2D eigenvalue weighted by Crippen LogP contribution is 2.30. The quantitative estimate of drug-likeness (QED) is 0.120. The number of carbonyl (C=O) groups is 2. The lowest BCUT2D eigenvalue weighted by Gasteiger charge is -2.47. The van der Waals surface area contributed by atoms with Crippen LogP contribution in [0.1, 0.15) is 13.8 Å². The minimum atomic E-state index is -1.87. The monoisotopic (exact) mass is 586 g/mol. The molecule has 0 bridgehead atoms. The van der Waals surface area contributed by atoms with Gasteiger partial charge in [0.2, 0.25) is 11.8 Å². The molecule has 2 amide bonds. The van der Waals surface area contributed by atoms with Gasteiger partial charge in [-0.2, -0.15) is 0 Å². The molecule has 0 aromatic carbocycles. The summed E-state index contributed by atoms with van der Waals surface area (Å²) in [5, 5.41) is 96.3. The van der Waals surface area contributed by atoms with Crippen molar-refractivity contribution in [3.8, 4) is 0 Å². The van der Waals surface area contributed by atoms with Crippen molar-refractivity contribution >= 4 is 11.8 Å². The first-order valence-electron chi connectivity index (χ1n) is 12.6. The molecule has 3 heterocycles. The van der Waals surface area contributed by atoms with E-state index in [-0.39, 0.29) is 0 Å². The lowest BCUT2D eigenvalue weighted by atomic mass is 9.95. The van der Waals surface area contributed by atoms with Crippen molar-refractivity contribution in [1.29, 1.82) is 0 Å². The minimum Gasteiger partial charge on any atom is -0.394 e. The van der Waals surface area contributed by atoms with Crippen LogP contribution in [-0.4, -0.2) is 170 Å². The van der Waals surface area contributed by atoms with Crippen LogP contribution in [-0.2, 0) is 33.3 Å². The third kappa shape index (κ3) is 7.23. The number of nitrogens with one attached hydrogen (secondary N) is 2. The van der Waals surface area contributed by atoms with Gasteiger partial charge in [0.1, 0.15) is 73.1 Å². The Labute approximate surface area is 228 Å². The van der Waals surface area contributed by atoms with E-state index in [4.69, 9.17) is 23.7 Å². The second-order valence-electron chi connectivity index (χ2n) is 9.85. The molecule has 3 aliphatic heterocycles. The van der Waals surface area contributed by atoms with Crippen LogP contribution in [0.2, 0.25) is 0 Å². The zero-order valence-electron chi connectivity index (χ0n) is 21.7. The second-order valence-corrected chi connectivity index (χ2v) is 9.85. The Balaban J connectivity index is 1.78. The molecule has 18 heteroatoms. The predicted octanol–water partition coefficient (Wildman–Crippen LogP) is -7.29. The molecule has 0 aliphatic carbocycles. The molecule has 11 N–H and O–H groups in total. The Morgan fingerprint density at radius 1 is 0.650 bits per heavy atom. The van der Waals surface area contributed by atoms with Crippen LogP contribution in [0.5, 0.6) is 0 Å². The summed E-state index contributed by atoms with van der Waals surface area (Å²) in [6, 6.07) is -2.75. The van der Waals surface area contributed by atoms with Gasteiger partial charge in [-0.3, -0.25) is 9.59 Å². The molecule has 3 fully saturated rings. The molecule has 18 nitrogen and oxygen atoms in total. The van der Waals surface area contributed by atoms with Crippen LogP contribution in [0, 0.1) is 0 Å². The first-order chi connectivity index (χ1) is 18.8. The highest BCUT2D eigenvalue weighted by Gasteiger charge is 2.52. The third-order valence-corrected chi connectivity index (χ3v) is 6.88. The van der Waals surface area contributed by atoms with E-state index in [1.807, 2.05) is 0 Å². The maximum Gasteiger partial charge on any atom is 0.217 e. The van der Waals surface area contributed by atoms with Gasteiger partial charge < -0.3 is 80.3 Å². The molecule has 0 aromatic rings. The van der Waals surface area contributed by atoms with Crippen LogP contribution < -0.4 is 10.6 Å². The fourth-order valence-electron chi connectivity index (χ4n) is 4.76. The van der Waals surface area contributed by atoms with E-state index in [0.717, 1.165) is 13.8 Å². The largest absolute Gasteiger partial charge is 0.394 e. The molecule has 0 unspecified atom stereocenters. The highest BCUT2D eigenvalue weighted by molar-refractivity contribution is 5.73. The van der Waals surface area contributed by atoms with E-state index in [9.17, 15) is 55.5 Å². The number of aliphatic hydroxyl groups is 9. The Bertz CT molecular complexity index is 852. The van der Waals surface area contributed by atoms with Crippen molar-refractivity contribution < 1.29 is 79.2 Å². The molecule has 3 aliphatic rings. The van der Waals surface area contributed by atoms with Gasteiger partial charge in [0.25, 0.3) is 0 Å². The van der Waals surface area contributed by atoms with Gasteiger partial charge in [-0.25, -0.2) is 0 Å². The van der Waals surface area contributed by atoms with Crippen LogP contribution in [0.25, 0.3) is 0 Å². The minimum absolute atomic E-state index is 0.596. The molecule has 0 spiro atoms. The summed E-state index contributed by atoms with van der Waals surface area (Å²) in [4.78, 5) is 23.4. The number of amides is 2. The Morgan fingerprint density at radius 2 is 1.18 bits per heavy atom. The van der Waals surface area contributed by atoms with Crippen LogP contribution in [0.4, 0.5) is 0 Å². The van der Waals surface area contributed by atoms with E-state index in [1.165, 1.54) is 0 Å². The molecule has 40 heavy (non-hydrogen) atoms. The summed E-state index contributed by atoms with van der Waals surface area (Å²) >= 11 is 0. The van der Waals surface area contributed by atoms with Crippen LogP contribution in [0.15, 0.2) is 0 Å². The maximum absolute atomic E-state index is 11.8. The van der Waals surface area contributed by atoms with Gasteiger partial charge in [0.05, 0.1) is 19.8 Å². The normalized spacial score (nSPS) is 46.0. The van der Waals surface area contributed by atoms with Crippen LogP contribution in [0.3, 0.4) is 0 Å². The molecular weight excluding hydrogens is 548 g/mol. The first kappa shape index (κ1) is 32.9. The summed E-state index contributed by atoms with van der Waals surface area (Å²) in [5.41, 5.74) is 0. The van der Waals surface area contributed by atoms with E-state index < -0.39 is 124 Å². The summed E-state index contributed by atoms with van der Waals surface area (Å²) < 4.78 is 27.4. The van der Waals surface area contributed by atoms with Crippen molar-refractivity contribution in [3.63, 3.8) is 0 Å². The van der Waals surface area contributed by atoms with Crippen molar-refractivity contribution in [3.05, 3.63) is 0 Å². The van der Waals surface area contributed by atoms with Crippen molar-refractivity contribution in [1.82, 2.24) is 10.6 Å². The molecular formula is C22H38N2O16. The zero-order chi connectivity index (χ0) is 29.9. The zero-order valence-corrected chi connectivity index (χ0v) is 21.7. The Kier molecular flexibility index (Phi) is 11.5. The summed E-state index contributed by atoms with van der Waals surface area (Å²) in [6.07, 6.45) is -21.0. The number of aliphatic hydroxyl groups excluding tert-OH is 9. The summed E-state index contributed by atoms with van der Waals surface area (Å²) in [6.45, 7) is 0.184. The van der Waals surface area contributed by atoms with Crippen molar-refractivity contribution in [2.45, 2.75) is 106 Å². The van der Waals surface area contributed by atoms with E-state index in [1.54, 1.807) is 0 Å². The van der Waals surface area contributed by atoms with Gasteiger partial charge in [-0.15, -0.1) is 0 Å². The van der Waals surface area contributed by atoms with Gasteiger partial charge in [-0.05, 0) is 0 Å². The molecule has 3 rings (SSSR count). The average Bonchev–Trinajstić information content (AvgIpc) is 2.90. The number of hydrogen-bond donors (Lipinski definition) is 11. The van der Waals surface area contributed by atoms with E-state index >= 15 is 0 Å². The van der Waals surface area contributed by atoms with Crippen LogP contribution >= 0.6 is 0 Å². The number of carbonyl (C=O) groups excluding carboxylic acids is 2. The second kappa shape index (κ2) is 14.0. The number of ether oxygens (including phenoxy) is 5. The topological polar surface area (TPSA) is 286 Å². The molecule has 0 saturated carbocycles. The summed E-state index contributed by atoms with van der Waals surface area (Å²) in [7, 11) is 0. The number of rotatable bonds is 9. The summed E-state index contributed by atoms with van der Waals surface area (Å²) in [5.74, 6) is -1.26. The SMILES string of the molecule is CC(=O)N[C@@H]1[C@@H](O[C@H]2O[C@@H](CO)[C@H](O)[C@@H](O)[C@@H]2O)[C@H](O)[C@H](CO[C@H]2O[C@H](CO)[C@@H](O)[C@H](O)[C@H]2NC(C)=O)O[C@@H]1O. The lowest BCUT2D eigenvalue weighted by Crippen LogP contribution is -2.68. The molecule has 232 valence electrons.